The molecular formula is C20H22ClNO5S. The van der Waals surface area contributed by atoms with Gasteiger partial charge in [0.2, 0.25) is 10.0 Å². The van der Waals surface area contributed by atoms with E-state index in [4.69, 9.17) is 21.1 Å². The molecule has 0 aromatic heterocycles. The number of nitrogens with zero attached hydrogens (tertiary/aromatic N) is 1. The van der Waals surface area contributed by atoms with Gasteiger partial charge in [0.15, 0.2) is 0 Å². The molecule has 1 saturated heterocycles. The minimum atomic E-state index is -3.60. The molecule has 0 bridgehead atoms. The van der Waals surface area contributed by atoms with Gasteiger partial charge in [-0.05, 0) is 43.2 Å². The van der Waals surface area contributed by atoms with Gasteiger partial charge in [0.25, 0.3) is 0 Å². The zero-order valence-electron chi connectivity index (χ0n) is 15.3. The lowest BCUT2D eigenvalue weighted by atomic mass is 10.2. The van der Waals surface area contributed by atoms with Crippen LogP contribution in [0, 0.1) is 0 Å². The van der Waals surface area contributed by atoms with E-state index in [1.165, 1.54) is 22.5 Å². The van der Waals surface area contributed by atoms with Gasteiger partial charge < -0.3 is 9.47 Å². The van der Waals surface area contributed by atoms with Crippen LogP contribution in [-0.2, 0) is 14.8 Å². The lowest BCUT2D eigenvalue weighted by Crippen LogP contribution is -2.35. The number of carbonyl (C=O) groups is 1. The summed E-state index contributed by atoms with van der Waals surface area (Å²) in [5.41, 5.74) is 0.191. The van der Waals surface area contributed by atoms with Crippen molar-refractivity contribution in [1.82, 2.24) is 4.31 Å². The second kappa shape index (κ2) is 9.41. The summed E-state index contributed by atoms with van der Waals surface area (Å²) in [5, 5.41) is 0.476. The van der Waals surface area contributed by atoms with Gasteiger partial charge in [0.05, 0.1) is 15.5 Å². The standard InChI is InChI=1S/C20H22ClNO5S/c21-18-9-2-3-10-19(18)26-13-14-27-20(23)16-7-6-8-17(15-16)28(24,25)22-11-4-1-5-12-22/h2-3,6-10,15H,1,4-5,11-14H2. The summed E-state index contributed by atoms with van der Waals surface area (Å²) >= 11 is 5.99. The summed E-state index contributed by atoms with van der Waals surface area (Å²) in [6.07, 6.45) is 2.74. The van der Waals surface area contributed by atoms with Crippen LogP contribution in [0.1, 0.15) is 29.6 Å². The maximum Gasteiger partial charge on any atom is 0.338 e. The Morgan fingerprint density at radius 2 is 1.75 bits per heavy atom. The predicted octanol–water partition coefficient (Wildman–Crippen LogP) is 3.75. The number of para-hydroxylation sites is 1. The van der Waals surface area contributed by atoms with Crippen molar-refractivity contribution in [2.24, 2.45) is 0 Å². The van der Waals surface area contributed by atoms with Crippen molar-refractivity contribution in [2.45, 2.75) is 24.2 Å². The Morgan fingerprint density at radius 3 is 2.50 bits per heavy atom. The van der Waals surface area contributed by atoms with Crippen molar-refractivity contribution in [1.29, 1.82) is 0 Å². The Labute approximate surface area is 170 Å². The summed E-state index contributed by atoms with van der Waals surface area (Å²) in [4.78, 5) is 12.4. The van der Waals surface area contributed by atoms with Crippen LogP contribution in [0.15, 0.2) is 53.4 Å². The Morgan fingerprint density at radius 1 is 1.00 bits per heavy atom. The highest BCUT2D eigenvalue weighted by molar-refractivity contribution is 7.89. The van der Waals surface area contributed by atoms with Crippen LogP contribution in [0.3, 0.4) is 0 Å². The first kappa shape index (κ1) is 20.6. The highest BCUT2D eigenvalue weighted by atomic mass is 35.5. The van der Waals surface area contributed by atoms with Crippen LogP contribution in [0.2, 0.25) is 5.02 Å². The van der Waals surface area contributed by atoms with Crippen molar-refractivity contribution >= 4 is 27.6 Å². The molecule has 1 fully saturated rings. The second-order valence-electron chi connectivity index (χ2n) is 6.41. The van der Waals surface area contributed by atoms with E-state index >= 15 is 0 Å². The van der Waals surface area contributed by atoms with E-state index < -0.39 is 16.0 Å². The molecule has 0 aliphatic carbocycles. The summed E-state index contributed by atoms with van der Waals surface area (Å²) in [7, 11) is -3.60. The molecule has 0 amide bonds. The number of rotatable bonds is 7. The quantitative estimate of drug-likeness (QED) is 0.501. The fourth-order valence-corrected chi connectivity index (χ4v) is 4.72. The number of sulfonamides is 1. The first-order valence-electron chi connectivity index (χ1n) is 9.13. The van der Waals surface area contributed by atoms with E-state index in [0.717, 1.165) is 19.3 Å². The van der Waals surface area contributed by atoms with Crippen molar-refractivity contribution < 1.29 is 22.7 Å². The molecule has 8 heteroatoms. The molecule has 1 aliphatic rings. The molecule has 0 saturated carbocycles. The number of halogens is 1. The van der Waals surface area contributed by atoms with Crippen LogP contribution in [0.4, 0.5) is 0 Å². The van der Waals surface area contributed by atoms with Gasteiger partial charge in [0, 0.05) is 13.1 Å². The molecule has 6 nitrogen and oxygen atoms in total. The number of benzene rings is 2. The van der Waals surface area contributed by atoms with Crippen molar-refractivity contribution in [3.63, 3.8) is 0 Å². The fraction of sp³-hybridized carbons (Fsp3) is 0.350. The lowest BCUT2D eigenvalue weighted by Gasteiger charge is -2.25. The number of esters is 1. The molecule has 28 heavy (non-hydrogen) atoms. The zero-order valence-corrected chi connectivity index (χ0v) is 16.9. The Hall–Kier alpha value is -2.09. The molecule has 1 heterocycles. The van der Waals surface area contributed by atoms with E-state index in [1.54, 1.807) is 30.3 Å². The van der Waals surface area contributed by atoms with Crippen LogP contribution in [-0.4, -0.2) is 45.0 Å². The van der Waals surface area contributed by atoms with Gasteiger partial charge in [-0.25, -0.2) is 13.2 Å². The third-order valence-corrected chi connectivity index (χ3v) is 6.64. The van der Waals surface area contributed by atoms with Gasteiger partial charge in [-0.2, -0.15) is 4.31 Å². The van der Waals surface area contributed by atoms with Crippen LogP contribution in [0.5, 0.6) is 5.75 Å². The maximum absolute atomic E-state index is 12.8. The van der Waals surface area contributed by atoms with Gasteiger partial charge in [-0.3, -0.25) is 0 Å². The molecule has 0 atom stereocenters. The maximum atomic E-state index is 12.8. The minimum Gasteiger partial charge on any atom is -0.488 e. The van der Waals surface area contributed by atoms with E-state index in [2.05, 4.69) is 0 Å². The third-order valence-electron chi connectivity index (χ3n) is 4.43. The van der Waals surface area contributed by atoms with Gasteiger partial charge in [-0.15, -0.1) is 0 Å². The predicted molar refractivity (Wildman–Crippen MR) is 106 cm³/mol. The number of hydrogen-bond acceptors (Lipinski definition) is 5. The highest BCUT2D eigenvalue weighted by Crippen LogP contribution is 2.23. The zero-order chi connectivity index (χ0) is 20.0. The van der Waals surface area contributed by atoms with Crippen molar-refractivity contribution in [3.8, 4) is 5.75 Å². The minimum absolute atomic E-state index is 0.0210. The monoisotopic (exact) mass is 423 g/mol. The Balaban J connectivity index is 1.58. The summed E-state index contributed by atoms with van der Waals surface area (Å²) in [6, 6.07) is 13.0. The Kier molecular flexibility index (Phi) is 6.93. The second-order valence-corrected chi connectivity index (χ2v) is 8.75. The summed E-state index contributed by atoms with van der Waals surface area (Å²) < 4.78 is 37.6. The number of piperidine rings is 1. The first-order chi connectivity index (χ1) is 13.5. The highest BCUT2D eigenvalue weighted by Gasteiger charge is 2.26. The molecular weight excluding hydrogens is 402 g/mol. The van der Waals surface area contributed by atoms with Crippen LogP contribution in [0.25, 0.3) is 0 Å². The van der Waals surface area contributed by atoms with E-state index in [1.807, 2.05) is 0 Å². The normalized spacial score (nSPS) is 15.2. The molecule has 150 valence electrons. The average Bonchev–Trinajstić information content (AvgIpc) is 2.73. The van der Waals surface area contributed by atoms with Gasteiger partial charge in [-0.1, -0.05) is 36.2 Å². The van der Waals surface area contributed by atoms with Crippen LogP contribution < -0.4 is 4.74 Å². The SMILES string of the molecule is O=C(OCCOc1ccccc1Cl)c1cccc(S(=O)(=O)N2CCCCC2)c1. The molecule has 1 aliphatic heterocycles. The van der Waals surface area contributed by atoms with Crippen molar-refractivity contribution in [2.75, 3.05) is 26.3 Å². The molecule has 2 aromatic carbocycles. The molecule has 0 radical (unpaired) electrons. The molecule has 2 aromatic rings. The molecule has 3 rings (SSSR count). The summed E-state index contributed by atoms with van der Waals surface area (Å²) in [5.74, 6) is -0.0895. The van der Waals surface area contributed by atoms with Crippen LogP contribution >= 0.6 is 11.6 Å². The Bertz CT molecular complexity index is 926. The molecule has 0 spiro atoms. The number of ether oxygens (including phenoxy) is 2. The third kappa shape index (κ3) is 5.04. The fourth-order valence-electron chi connectivity index (χ4n) is 2.97. The van der Waals surface area contributed by atoms with E-state index in [-0.39, 0.29) is 23.7 Å². The number of carbonyl (C=O) groups excluding carboxylic acids is 1. The first-order valence-corrected chi connectivity index (χ1v) is 10.9. The lowest BCUT2D eigenvalue weighted by molar-refractivity contribution is 0.0450. The summed E-state index contributed by atoms with van der Waals surface area (Å²) in [6.45, 7) is 1.18. The largest absolute Gasteiger partial charge is 0.488 e. The molecule has 0 N–H and O–H groups in total. The van der Waals surface area contributed by atoms with E-state index in [9.17, 15) is 13.2 Å². The van der Waals surface area contributed by atoms with E-state index in [0.29, 0.717) is 23.9 Å². The van der Waals surface area contributed by atoms with Gasteiger partial charge in [0.1, 0.15) is 19.0 Å². The smallest absolute Gasteiger partial charge is 0.338 e. The van der Waals surface area contributed by atoms with Crippen molar-refractivity contribution in [3.05, 3.63) is 59.1 Å². The average molecular weight is 424 g/mol. The molecule has 0 unspecified atom stereocenters. The van der Waals surface area contributed by atoms with Gasteiger partial charge >= 0.3 is 5.97 Å². The number of hydrogen-bond donors (Lipinski definition) is 0. The topological polar surface area (TPSA) is 72.9 Å².